The van der Waals surface area contributed by atoms with Gasteiger partial charge < -0.3 is 4.74 Å². The number of Topliss-reactive ketones (excluding diaryl/α,β-unsaturated/α-hetero) is 1. The third kappa shape index (κ3) is 2.38. The van der Waals surface area contributed by atoms with Crippen molar-refractivity contribution in [3.05, 3.63) is 59.0 Å². The molecule has 2 aromatic heterocycles. The Kier molecular flexibility index (Phi) is 3.15. The van der Waals surface area contributed by atoms with Crippen molar-refractivity contribution in [1.29, 1.82) is 0 Å². The number of rotatable bonds is 2. The maximum Gasteiger partial charge on any atom is 0.166 e. The van der Waals surface area contributed by atoms with Crippen LogP contribution in [0.3, 0.4) is 0 Å². The molecule has 23 heavy (non-hydrogen) atoms. The second kappa shape index (κ2) is 5.19. The van der Waals surface area contributed by atoms with Gasteiger partial charge in [0.1, 0.15) is 5.75 Å². The molecule has 0 fully saturated rings. The number of hydrogen-bond acceptors (Lipinski definition) is 4. The molecule has 5 heteroatoms. The Bertz CT molecular complexity index is 897. The van der Waals surface area contributed by atoms with E-state index in [1.54, 1.807) is 11.6 Å². The van der Waals surface area contributed by atoms with Gasteiger partial charge in [0.05, 0.1) is 24.1 Å². The summed E-state index contributed by atoms with van der Waals surface area (Å²) in [6, 6.07) is 9.87. The number of nitrogens with zero attached hydrogens (tertiary/aromatic N) is 3. The molecule has 0 saturated heterocycles. The number of aryl methyl sites for hydroxylation is 1. The molecule has 3 aromatic rings. The number of hydrogen-bond donors (Lipinski definition) is 0. The van der Waals surface area contributed by atoms with Crippen LogP contribution in [-0.2, 0) is 6.42 Å². The fourth-order valence-electron chi connectivity index (χ4n) is 3.22. The first kappa shape index (κ1) is 13.9. The Morgan fingerprint density at radius 3 is 2.74 bits per heavy atom. The Balaban J connectivity index is 1.72. The zero-order valence-electron chi connectivity index (χ0n) is 13.1. The topological polar surface area (TPSA) is 56.5 Å². The molecule has 0 N–H and O–H groups in total. The van der Waals surface area contributed by atoms with E-state index in [9.17, 15) is 4.79 Å². The molecular formula is C18H17N3O2. The van der Waals surface area contributed by atoms with Gasteiger partial charge in [0.2, 0.25) is 0 Å². The van der Waals surface area contributed by atoms with Gasteiger partial charge in [-0.15, -0.1) is 0 Å². The van der Waals surface area contributed by atoms with Gasteiger partial charge in [0.25, 0.3) is 0 Å². The van der Waals surface area contributed by atoms with Crippen LogP contribution in [-0.4, -0.2) is 27.5 Å². The molecule has 2 heterocycles. The van der Waals surface area contributed by atoms with Crippen LogP contribution in [0.2, 0.25) is 0 Å². The number of carbonyl (C=O) groups excluding carboxylic acids is 1. The average Bonchev–Trinajstić information content (AvgIpc) is 2.92. The van der Waals surface area contributed by atoms with Gasteiger partial charge >= 0.3 is 0 Å². The van der Waals surface area contributed by atoms with E-state index < -0.39 is 0 Å². The molecule has 0 spiro atoms. The van der Waals surface area contributed by atoms with Crippen LogP contribution < -0.4 is 4.74 Å². The van der Waals surface area contributed by atoms with Gasteiger partial charge in [-0.3, -0.25) is 4.79 Å². The zero-order valence-corrected chi connectivity index (χ0v) is 13.1. The summed E-state index contributed by atoms with van der Waals surface area (Å²) < 4.78 is 6.89. The average molecular weight is 307 g/mol. The summed E-state index contributed by atoms with van der Waals surface area (Å²) in [6.07, 6.45) is 3.10. The van der Waals surface area contributed by atoms with Crippen LogP contribution in [0.1, 0.15) is 39.6 Å². The standard InChI is InChI=1S/C18H17N3O2/c1-11-7-18-19-16-8-13(12-3-5-14(23-2)6-4-12)9-17(22)15(16)10-21(18)20-11/h3-7,10,13H,8-9H2,1-2H3. The Labute approximate surface area is 133 Å². The van der Waals surface area contributed by atoms with Crippen LogP contribution in [0.5, 0.6) is 5.75 Å². The molecule has 0 amide bonds. The minimum Gasteiger partial charge on any atom is -0.497 e. The number of ether oxygens (including phenoxy) is 1. The van der Waals surface area contributed by atoms with Gasteiger partial charge in [-0.05, 0) is 37.0 Å². The summed E-state index contributed by atoms with van der Waals surface area (Å²) in [7, 11) is 1.65. The number of methoxy groups -OCH3 is 1. The second-order valence-electron chi connectivity index (χ2n) is 5.99. The summed E-state index contributed by atoms with van der Waals surface area (Å²) in [5, 5.41) is 4.34. The first-order valence-electron chi connectivity index (χ1n) is 7.67. The second-order valence-corrected chi connectivity index (χ2v) is 5.99. The van der Waals surface area contributed by atoms with Crippen molar-refractivity contribution < 1.29 is 9.53 Å². The van der Waals surface area contributed by atoms with Gasteiger partial charge in [-0.1, -0.05) is 12.1 Å². The van der Waals surface area contributed by atoms with Crippen molar-refractivity contribution in [2.24, 2.45) is 0 Å². The fraction of sp³-hybridized carbons (Fsp3) is 0.278. The molecule has 4 rings (SSSR count). The van der Waals surface area contributed by atoms with E-state index in [4.69, 9.17) is 4.74 Å². The van der Waals surface area contributed by atoms with E-state index >= 15 is 0 Å². The highest BCUT2D eigenvalue weighted by atomic mass is 16.5. The molecule has 116 valence electrons. The fourth-order valence-corrected chi connectivity index (χ4v) is 3.22. The predicted octanol–water partition coefficient (Wildman–Crippen LogP) is 2.96. The summed E-state index contributed by atoms with van der Waals surface area (Å²) in [5.74, 6) is 1.13. The van der Waals surface area contributed by atoms with Gasteiger partial charge in [0.15, 0.2) is 11.4 Å². The Hall–Kier alpha value is -2.69. The molecule has 0 radical (unpaired) electrons. The van der Waals surface area contributed by atoms with Crippen molar-refractivity contribution in [2.75, 3.05) is 7.11 Å². The summed E-state index contributed by atoms with van der Waals surface area (Å²) in [4.78, 5) is 17.2. The third-order valence-electron chi connectivity index (χ3n) is 4.41. The summed E-state index contributed by atoms with van der Waals surface area (Å²) in [6.45, 7) is 1.93. The molecule has 0 aliphatic heterocycles. The van der Waals surface area contributed by atoms with Crippen molar-refractivity contribution in [3.63, 3.8) is 0 Å². The highest BCUT2D eigenvalue weighted by Gasteiger charge is 2.28. The smallest absolute Gasteiger partial charge is 0.166 e. The molecule has 1 aromatic carbocycles. The third-order valence-corrected chi connectivity index (χ3v) is 4.41. The molecule has 0 bridgehead atoms. The van der Waals surface area contributed by atoms with Crippen LogP contribution in [0.25, 0.3) is 5.65 Å². The van der Waals surface area contributed by atoms with E-state index in [0.29, 0.717) is 12.0 Å². The number of ketones is 1. The lowest BCUT2D eigenvalue weighted by atomic mass is 9.82. The number of carbonyl (C=O) groups is 1. The summed E-state index contributed by atoms with van der Waals surface area (Å²) in [5.41, 5.74) is 4.42. The summed E-state index contributed by atoms with van der Waals surface area (Å²) >= 11 is 0. The molecule has 1 aliphatic rings. The molecule has 1 aliphatic carbocycles. The quantitative estimate of drug-likeness (QED) is 0.730. The highest BCUT2D eigenvalue weighted by molar-refractivity contribution is 5.98. The first-order chi connectivity index (χ1) is 11.1. The highest BCUT2D eigenvalue weighted by Crippen LogP contribution is 2.32. The lowest BCUT2D eigenvalue weighted by Crippen LogP contribution is -2.21. The zero-order chi connectivity index (χ0) is 16.0. The van der Waals surface area contributed by atoms with Gasteiger partial charge in [-0.2, -0.15) is 5.10 Å². The molecule has 1 atom stereocenters. The van der Waals surface area contributed by atoms with Crippen LogP contribution in [0.15, 0.2) is 36.5 Å². The van der Waals surface area contributed by atoms with Crippen molar-refractivity contribution in [3.8, 4) is 5.75 Å². The number of benzene rings is 1. The van der Waals surface area contributed by atoms with E-state index in [1.165, 1.54) is 0 Å². The maximum absolute atomic E-state index is 12.5. The Morgan fingerprint density at radius 1 is 1.22 bits per heavy atom. The minimum absolute atomic E-state index is 0.134. The van der Waals surface area contributed by atoms with Crippen molar-refractivity contribution >= 4 is 11.4 Å². The van der Waals surface area contributed by atoms with E-state index in [-0.39, 0.29) is 11.7 Å². The number of fused-ring (bicyclic) bond motifs is 2. The van der Waals surface area contributed by atoms with E-state index in [1.807, 2.05) is 43.5 Å². The first-order valence-corrected chi connectivity index (χ1v) is 7.67. The SMILES string of the molecule is COc1ccc(C2CC(=O)c3cn4nc(C)cc4nc3C2)cc1. The van der Waals surface area contributed by atoms with Crippen LogP contribution >= 0.6 is 0 Å². The largest absolute Gasteiger partial charge is 0.497 e. The maximum atomic E-state index is 12.5. The molecule has 1 unspecified atom stereocenters. The molecule has 5 nitrogen and oxygen atoms in total. The predicted molar refractivity (Wildman–Crippen MR) is 86.1 cm³/mol. The molecular weight excluding hydrogens is 290 g/mol. The molecule has 0 saturated carbocycles. The van der Waals surface area contributed by atoms with Crippen LogP contribution in [0.4, 0.5) is 0 Å². The van der Waals surface area contributed by atoms with Crippen LogP contribution in [0, 0.1) is 6.92 Å². The Morgan fingerprint density at radius 2 is 2.00 bits per heavy atom. The number of aromatic nitrogens is 3. The van der Waals surface area contributed by atoms with Gasteiger partial charge in [-0.25, -0.2) is 9.50 Å². The van der Waals surface area contributed by atoms with Crippen molar-refractivity contribution in [2.45, 2.75) is 25.7 Å². The van der Waals surface area contributed by atoms with E-state index in [0.717, 1.165) is 34.8 Å². The normalized spacial score (nSPS) is 17.3. The van der Waals surface area contributed by atoms with Gasteiger partial charge in [0, 0.05) is 18.7 Å². The monoisotopic (exact) mass is 307 g/mol. The minimum atomic E-state index is 0.134. The lowest BCUT2D eigenvalue weighted by molar-refractivity contribution is 0.0962. The lowest BCUT2D eigenvalue weighted by Gasteiger charge is -2.23. The van der Waals surface area contributed by atoms with Crippen molar-refractivity contribution in [1.82, 2.24) is 14.6 Å². The van der Waals surface area contributed by atoms with E-state index in [2.05, 4.69) is 10.1 Å².